The number of thiophene rings is 1. The Kier molecular flexibility index (Phi) is 6.22. The van der Waals surface area contributed by atoms with Gasteiger partial charge in [-0.3, -0.25) is 9.69 Å². The van der Waals surface area contributed by atoms with Gasteiger partial charge in [-0.15, -0.1) is 11.3 Å². The van der Waals surface area contributed by atoms with Crippen molar-refractivity contribution in [2.45, 2.75) is 33.9 Å². The second-order valence-electron chi connectivity index (χ2n) is 7.69. The van der Waals surface area contributed by atoms with Gasteiger partial charge < -0.3 is 18.9 Å². The molecule has 0 bridgehead atoms. The predicted octanol–water partition coefficient (Wildman–Crippen LogP) is 2.72. The predicted molar refractivity (Wildman–Crippen MR) is 117 cm³/mol. The number of rotatable bonds is 6. The van der Waals surface area contributed by atoms with Gasteiger partial charge in [0.1, 0.15) is 17.2 Å². The maximum Gasteiger partial charge on any atom is 0.264 e. The largest absolute Gasteiger partial charge is 0.480 e. The normalized spacial score (nSPS) is 15.1. The van der Waals surface area contributed by atoms with Crippen molar-refractivity contribution in [3.63, 3.8) is 0 Å². The van der Waals surface area contributed by atoms with Gasteiger partial charge in [-0.1, -0.05) is 5.16 Å². The summed E-state index contributed by atoms with van der Waals surface area (Å²) in [4.78, 5) is 28.0. The maximum atomic E-state index is 13.3. The highest BCUT2D eigenvalue weighted by molar-refractivity contribution is 7.20. The van der Waals surface area contributed by atoms with E-state index in [9.17, 15) is 4.79 Å². The number of aromatic nitrogens is 3. The van der Waals surface area contributed by atoms with Crippen LogP contribution in [0, 0.1) is 20.8 Å². The topological polar surface area (TPSA) is 93.8 Å². The van der Waals surface area contributed by atoms with Crippen LogP contribution in [-0.2, 0) is 17.9 Å². The molecular weight excluding hydrogens is 418 g/mol. The number of amides is 1. The van der Waals surface area contributed by atoms with Crippen molar-refractivity contribution in [2.24, 2.45) is 0 Å². The SMILES string of the molecule is COCc1nc(OC)c2c(C)c(C(=O)N3CCN(Cc4c(C)noc4C)CC3)sc2n1. The molecule has 1 saturated heterocycles. The summed E-state index contributed by atoms with van der Waals surface area (Å²) in [6, 6.07) is 0. The van der Waals surface area contributed by atoms with Gasteiger partial charge in [-0.2, -0.15) is 4.98 Å². The number of hydrogen-bond donors (Lipinski definition) is 0. The number of carbonyl (C=O) groups is 1. The summed E-state index contributed by atoms with van der Waals surface area (Å²) in [5.41, 5.74) is 2.93. The fraction of sp³-hybridized carbons (Fsp3) is 0.524. The smallest absolute Gasteiger partial charge is 0.264 e. The minimum absolute atomic E-state index is 0.0350. The van der Waals surface area contributed by atoms with Crippen LogP contribution in [0.2, 0.25) is 0 Å². The molecule has 0 saturated carbocycles. The Morgan fingerprint density at radius 3 is 2.48 bits per heavy atom. The number of methoxy groups -OCH3 is 2. The Labute approximate surface area is 184 Å². The molecule has 0 spiro atoms. The molecule has 1 aliphatic rings. The number of fused-ring (bicyclic) bond motifs is 1. The third-order valence-corrected chi connectivity index (χ3v) is 6.86. The van der Waals surface area contributed by atoms with Gasteiger partial charge >= 0.3 is 0 Å². The minimum atomic E-state index is 0.0350. The molecule has 0 radical (unpaired) electrons. The zero-order valence-electron chi connectivity index (χ0n) is 18.5. The van der Waals surface area contributed by atoms with E-state index in [4.69, 9.17) is 14.0 Å². The van der Waals surface area contributed by atoms with Crippen LogP contribution in [0.3, 0.4) is 0 Å². The van der Waals surface area contributed by atoms with E-state index in [1.165, 1.54) is 11.3 Å². The molecule has 0 atom stereocenters. The molecule has 1 fully saturated rings. The van der Waals surface area contributed by atoms with E-state index in [-0.39, 0.29) is 5.91 Å². The molecule has 0 N–H and O–H groups in total. The number of carbonyl (C=O) groups excluding carboxylic acids is 1. The Morgan fingerprint density at radius 1 is 1.13 bits per heavy atom. The van der Waals surface area contributed by atoms with E-state index in [1.54, 1.807) is 14.2 Å². The number of aryl methyl sites for hydroxylation is 3. The first-order chi connectivity index (χ1) is 14.9. The molecule has 9 nitrogen and oxygen atoms in total. The second-order valence-corrected chi connectivity index (χ2v) is 8.69. The summed E-state index contributed by atoms with van der Waals surface area (Å²) >= 11 is 1.39. The molecule has 31 heavy (non-hydrogen) atoms. The molecule has 0 aromatic carbocycles. The molecular formula is C21H27N5O4S. The lowest BCUT2D eigenvalue weighted by Gasteiger charge is -2.34. The first kappa shape index (κ1) is 21.7. The van der Waals surface area contributed by atoms with E-state index in [0.29, 0.717) is 36.3 Å². The van der Waals surface area contributed by atoms with Gasteiger partial charge in [0.15, 0.2) is 5.82 Å². The lowest BCUT2D eigenvalue weighted by atomic mass is 10.1. The van der Waals surface area contributed by atoms with Gasteiger partial charge in [0.25, 0.3) is 5.91 Å². The van der Waals surface area contributed by atoms with Crippen LogP contribution in [-0.4, -0.2) is 71.2 Å². The van der Waals surface area contributed by atoms with Crippen LogP contribution >= 0.6 is 11.3 Å². The second kappa shape index (κ2) is 8.89. The first-order valence-electron chi connectivity index (χ1n) is 10.2. The maximum absolute atomic E-state index is 13.3. The highest BCUT2D eigenvalue weighted by Crippen LogP contribution is 2.36. The molecule has 1 aliphatic heterocycles. The monoisotopic (exact) mass is 445 g/mol. The van der Waals surface area contributed by atoms with Gasteiger partial charge in [-0.25, -0.2) is 4.98 Å². The molecule has 3 aromatic rings. The lowest BCUT2D eigenvalue weighted by molar-refractivity contribution is 0.0632. The third kappa shape index (κ3) is 4.15. The fourth-order valence-corrected chi connectivity index (χ4v) is 5.05. The molecule has 0 aliphatic carbocycles. The van der Waals surface area contributed by atoms with Crippen LogP contribution in [0.25, 0.3) is 10.2 Å². The molecule has 10 heteroatoms. The van der Waals surface area contributed by atoms with Gasteiger partial charge in [0, 0.05) is 45.4 Å². The van der Waals surface area contributed by atoms with Crippen molar-refractivity contribution in [3.8, 4) is 5.88 Å². The van der Waals surface area contributed by atoms with Crippen molar-refractivity contribution >= 4 is 27.5 Å². The van der Waals surface area contributed by atoms with Crippen LogP contribution < -0.4 is 4.74 Å². The van der Waals surface area contributed by atoms with Gasteiger partial charge in [0.05, 0.1) is 23.1 Å². The highest BCUT2D eigenvalue weighted by atomic mass is 32.1. The first-order valence-corrected chi connectivity index (χ1v) is 11.0. The number of nitrogens with zero attached hydrogens (tertiary/aromatic N) is 5. The van der Waals surface area contributed by atoms with Crippen molar-refractivity contribution < 1.29 is 18.8 Å². The standard InChI is InChI=1S/C21H27N5O4S/c1-12-17-19(29-5)22-16(11-28-4)23-20(17)31-18(12)21(27)26-8-6-25(7-9-26)10-15-13(2)24-30-14(15)3/h6-11H2,1-5H3. The molecule has 166 valence electrons. The Hall–Kier alpha value is -2.56. The third-order valence-electron chi connectivity index (χ3n) is 5.69. The number of ether oxygens (including phenoxy) is 2. The Balaban J connectivity index is 1.50. The van der Waals surface area contributed by atoms with Gasteiger partial charge in [-0.05, 0) is 26.3 Å². The van der Waals surface area contributed by atoms with Crippen molar-refractivity contribution in [1.29, 1.82) is 0 Å². The summed E-state index contributed by atoms with van der Waals surface area (Å²) in [5.74, 6) is 1.92. The molecule has 4 heterocycles. The molecule has 0 unspecified atom stereocenters. The Morgan fingerprint density at radius 2 is 1.87 bits per heavy atom. The quantitative estimate of drug-likeness (QED) is 0.572. The summed E-state index contributed by atoms with van der Waals surface area (Å²) in [5, 5.41) is 4.83. The van der Waals surface area contributed by atoms with E-state index < -0.39 is 0 Å². The van der Waals surface area contributed by atoms with Crippen molar-refractivity contribution in [3.05, 3.63) is 33.3 Å². The summed E-state index contributed by atoms with van der Waals surface area (Å²) < 4.78 is 15.9. The van der Waals surface area contributed by atoms with Crippen LogP contribution in [0.1, 0.15) is 38.1 Å². The van der Waals surface area contributed by atoms with E-state index in [1.807, 2.05) is 25.7 Å². The van der Waals surface area contributed by atoms with Crippen LogP contribution in [0.5, 0.6) is 5.88 Å². The highest BCUT2D eigenvalue weighted by Gasteiger charge is 2.28. The van der Waals surface area contributed by atoms with Crippen molar-refractivity contribution in [1.82, 2.24) is 24.9 Å². The average molecular weight is 446 g/mol. The number of hydrogen-bond acceptors (Lipinski definition) is 9. The summed E-state index contributed by atoms with van der Waals surface area (Å²) in [7, 11) is 3.18. The zero-order chi connectivity index (χ0) is 22.1. The number of piperazine rings is 1. The molecule has 3 aromatic heterocycles. The molecule has 4 rings (SSSR count). The van der Waals surface area contributed by atoms with Crippen LogP contribution in [0.4, 0.5) is 0 Å². The van der Waals surface area contributed by atoms with E-state index in [0.717, 1.165) is 52.4 Å². The minimum Gasteiger partial charge on any atom is -0.480 e. The van der Waals surface area contributed by atoms with E-state index >= 15 is 0 Å². The van der Waals surface area contributed by atoms with Gasteiger partial charge in [0.2, 0.25) is 5.88 Å². The Bertz CT molecular complexity index is 1080. The summed E-state index contributed by atoms with van der Waals surface area (Å²) in [6.07, 6.45) is 0. The van der Waals surface area contributed by atoms with E-state index in [2.05, 4.69) is 20.0 Å². The zero-order valence-corrected chi connectivity index (χ0v) is 19.3. The molecule has 1 amide bonds. The fourth-order valence-electron chi connectivity index (χ4n) is 3.89. The van der Waals surface area contributed by atoms with Crippen molar-refractivity contribution in [2.75, 3.05) is 40.4 Å². The average Bonchev–Trinajstić information content (AvgIpc) is 3.27. The summed E-state index contributed by atoms with van der Waals surface area (Å²) in [6.45, 7) is 9.88. The lowest BCUT2D eigenvalue weighted by Crippen LogP contribution is -2.48. The van der Waals surface area contributed by atoms with Crippen LogP contribution in [0.15, 0.2) is 4.52 Å².